The van der Waals surface area contributed by atoms with Gasteiger partial charge in [0.1, 0.15) is 6.29 Å². The number of hydrogen-bond donors (Lipinski definition) is 1. The Balaban J connectivity index is 1.81. The minimum absolute atomic E-state index is 0.382. The van der Waals surface area contributed by atoms with E-state index < -0.39 is 0 Å². The first-order valence-electron chi connectivity index (χ1n) is 7.46. The molecule has 4 nitrogen and oxygen atoms in total. The van der Waals surface area contributed by atoms with E-state index in [1.807, 2.05) is 41.1 Å². The quantitative estimate of drug-likeness (QED) is 0.828. The average molecular weight is 283 g/mol. The van der Waals surface area contributed by atoms with E-state index in [0.717, 1.165) is 30.5 Å². The molecular weight excluding hydrogens is 262 g/mol. The molecule has 2 aromatic rings. The number of benzene rings is 1. The van der Waals surface area contributed by atoms with Crippen molar-refractivity contribution < 1.29 is 4.79 Å². The Hall–Kier alpha value is -1.94. The third-order valence-electron chi connectivity index (χ3n) is 4.57. The first-order valence-corrected chi connectivity index (χ1v) is 7.46. The lowest BCUT2D eigenvalue weighted by atomic mass is 9.95. The molecule has 21 heavy (non-hydrogen) atoms. The lowest BCUT2D eigenvalue weighted by Crippen LogP contribution is -2.17. The first kappa shape index (κ1) is 14.0. The van der Waals surface area contributed by atoms with Crippen molar-refractivity contribution in [3.05, 3.63) is 48.5 Å². The predicted octanol–water partition coefficient (Wildman–Crippen LogP) is 2.31. The zero-order valence-electron chi connectivity index (χ0n) is 12.3. The highest BCUT2D eigenvalue weighted by Crippen LogP contribution is 2.55. The summed E-state index contributed by atoms with van der Waals surface area (Å²) in [5.74, 6) is 0.834. The smallest absolute Gasteiger partial charge is 0.132 e. The monoisotopic (exact) mass is 283 g/mol. The maximum absolute atomic E-state index is 11.6. The van der Waals surface area contributed by atoms with E-state index in [2.05, 4.69) is 11.9 Å². The summed E-state index contributed by atoms with van der Waals surface area (Å²) in [7, 11) is 0. The maximum Gasteiger partial charge on any atom is 0.132 e. The van der Waals surface area contributed by atoms with Crippen molar-refractivity contribution in [2.24, 2.45) is 17.6 Å². The summed E-state index contributed by atoms with van der Waals surface area (Å²) in [4.78, 5) is 16.1. The number of nitrogens with two attached hydrogens (primary N) is 1. The number of rotatable bonds is 6. The van der Waals surface area contributed by atoms with Crippen molar-refractivity contribution in [2.75, 3.05) is 6.54 Å². The molecule has 1 fully saturated rings. The SMILES string of the molecule is C[C@H](CN)C[C@H]1C[C@]1(C=O)c1cn(-c2ccccc2)cn1. The summed E-state index contributed by atoms with van der Waals surface area (Å²) in [6, 6.07) is 10.0. The molecule has 1 aliphatic rings. The molecule has 1 heterocycles. The van der Waals surface area contributed by atoms with E-state index in [0.29, 0.717) is 18.4 Å². The highest BCUT2D eigenvalue weighted by Gasteiger charge is 2.56. The van der Waals surface area contributed by atoms with Gasteiger partial charge in [0.05, 0.1) is 17.4 Å². The molecule has 0 saturated heterocycles. The van der Waals surface area contributed by atoms with Gasteiger partial charge in [0.25, 0.3) is 0 Å². The van der Waals surface area contributed by atoms with Gasteiger partial charge in [-0.1, -0.05) is 25.1 Å². The molecular formula is C17H21N3O. The average Bonchev–Trinajstić information content (AvgIpc) is 3.00. The van der Waals surface area contributed by atoms with Gasteiger partial charge in [-0.05, 0) is 43.4 Å². The fraction of sp³-hybridized carbons (Fsp3) is 0.412. The summed E-state index contributed by atoms with van der Waals surface area (Å²) in [5, 5.41) is 0. The number of carbonyl (C=O) groups is 1. The Kier molecular flexibility index (Phi) is 3.64. The van der Waals surface area contributed by atoms with Crippen LogP contribution < -0.4 is 5.73 Å². The van der Waals surface area contributed by atoms with E-state index in [1.165, 1.54) is 0 Å². The molecule has 110 valence electrons. The molecule has 3 rings (SSSR count). The van der Waals surface area contributed by atoms with E-state index in [9.17, 15) is 4.79 Å². The van der Waals surface area contributed by atoms with Crippen LogP contribution >= 0.6 is 0 Å². The van der Waals surface area contributed by atoms with Crippen molar-refractivity contribution in [2.45, 2.75) is 25.2 Å². The molecule has 0 bridgehead atoms. The van der Waals surface area contributed by atoms with Crippen LogP contribution in [0.4, 0.5) is 0 Å². The number of nitrogens with zero attached hydrogens (tertiary/aromatic N) is 2. The molecule has 1 saturated carbocycles. The minimum Gasteiger partial charge on any atom is -0.330 e. The second-order valence-corrected chi connectivity index (χ2v) is 6.14. The molecule has 0 spiro atoms. The van der Waals surface area contributed by atoms with Crippen LogP contribution in [0, 0.1) is 11.8 Å². The van der Waals surface area contributed by atoms with Crippen LogP contribution in [-0.4, -0.2) is 22.4 Å². The largest absolute Gasteiger partial charge is 0.330 e. The van der Waals surface area contributed by atoms with Gasteiger partial charge < -0.3 is 15.1 Å². The van der Waals surface area contributed by atoms with Crippen molar-refractivity contribution in [3.8, 4) is 5.69 Å². The Bertz CT molecular complexity index is 622. The van der Waals surface area contributed by atoms with Gasteiger partial charge >= 0.3 is 0 Å². The van der Waals surface area contributed by atoms with E-state index in [1.54, 1.807) is 6.33 Å². The van der Waals surface area contributed by atoms with Crippen molar-refractivity contribution >= 4 is 6.29 Å². The number of carbonyl (C=O) groups excluding carboxylic acids is 1. The third kappa shape index (κ3) is 2.51. The van der Waals surface area contributed by atoms with Gasteiger partial charge in [0.2, 0.25) is 0 Å². The summed E-state index contributed by atoms with van der Waals surface area (Å²) in [6.07, 6.45) is 6.74. The Morgan fingerprint density at radius 1 is 1.48 bits per heavy atom. The van der Waals surface area contributed by atoms with Crippen LogP contribution in [0.25, 0.3) is 5.69 Å². The molecule has 1 aromatic carbocycles. The standard InChI is InChI=1S/C17H21N3O/c1-13(9-18)7-14-8-17(14,11-21)16-10-20(12-19-16)15-5-3-2-4-6-15/h2-6,10-14H,7-9,18H2,1H3/t13-,14-,17+/m0/s1. The van der Waals surface area contributed by atoms with Crippen LogP contribution in [0.15, 0.2) is 42.9 Å². The topological polar surface area (TPSA) is 60.9 Å². The third-order valence-corrected chi connectivity index (χ3v) is 4.57. The van der Waals surface area contributed by atoms with Gasteiger partial charge in [-0.2, -0.15) is 0 Å². The van der Waals surface area contributed by atoms with Gasteiger partial charge in [-0.3, -0.25) is 0 Å². The number of para-hydroxylation sites is 1. The van der Waals surface area contributed by atoms with Gasteiger partial charge in [-0.15, -0.1) is 0 Å². The fourth-order valence-corrected chi connectivity index (χ4v) is 3.05. The zero-order chi connectivity index (χ0) is 14.9. The van der Waals surface area contributed by atoms with Gasteiger partial charge in [0.15, 0.2) is 0 Å². The number of imidazole rings is 1. The molecule has 4 heteroatoms. The fourth-order valence-electron chi connectivity index (χ4n) is 3.05. The lowest BCUT2D eigenvalue weighted by Gasteiger charge is -2.10. The number of hydrogen-bond acceptors (Lipinski definition) is 3. The molecule has 0 aliphatic heterocycles. The molecule has 1 aliphatic carbocycles. The van der Waals surface area contributed by atoms with Crippen LogP contribution in [0.3, 0.4) is 0 Å². The maximum atomic E-state index is 11.6. The highest BCUT2D eigenvalue weighted by molar-refractivity contribution is 5.73. The van der Waals surface area contributed by atoms with E-state index in [4.69, 9.17) is 5.73 Å². The normalized spacial score (nSPS) is 25.5. The molecule has 0 radical (unpaired) electrons. The van der Waals surface area contributed by atoms with Crippen LogP contribution in [-0.2, 0) is 10.2 Å². The lowest BCUT2D eigenvalue weighted by molar-refractivity contribution is -0.110. The highest BCUT2D eigenvalue weighted by atomic mass is 16.1. The minimum atomic E-state index is -0.385. The van der Waals surface area contributed by atoms with Gasteiger partial charge in [0, 0.05) is 11.9 Å². The summed E-state index contributed by atoms with van der Waals surface area (Å²) >= 11 is 0. The summed E-state index contributed by atoms with van der Waals surface area (Å²) in [5.41, 5.74) is 7.25. The van der Waals surface area contributed by atoms with Crippen LogP contribution in [0.2, 0.25) is 0 Å². The Labute approximate surface area is 125 Å². The van der Waals surface area contributed by atoms with E-state index in [-0.39, 0.29) is 5.41 Å². The predicted molar refractivity (Wildman–Crippen MR) is 82.2 cm³/mol. The summed E-state index contributed by atoms with van der Waals surface area (Å²) < 4.78 is 1.97. The van der Waals surface area contributed by atoms with E-state index >= 15 is 0 Å². The first-order chi connectivity index (χ1) is 10.2. The Morgan fingerprint density at radius 3 is 2.90 bits per heavy atom. The second kappa shape index (κ2) is 5.45. The van der Waals surface area contributed by atoms with Crippen LogP contribution in [0.1, 0.15) is 25.5 Å². The van der Waals surface area contributed by atoms with Gasteiger partial charge in [-0.25, -0.2) is 4.98 Å². The van der Waals surface area contributed by atoms with Crippen molar-refractivity contribution in [3.63, 3.8) is 0 Å². The van der Waals surface area contributed by atoms with Crippen molar-refractivity contribution in [1.82, 2.24) is 9.55 Å². The van der Waals surface area contributed by atoms with Crippen molar-refractivity contribution in [1.29, 1.82) is 0 Å². The number of aldehydes is 1. The molecule has 2 N–H and O–H groups in total. The molecule has 1 aromatic heterocycles. The second-order valence-electron chi connectivity index (χ2n) is 6.14. The Morgan fingerprint density at radius 2 is 2.24 bits per heavy atom. The number of aromatic nitrogens is 2. The molecule has 0 unspecified atom stereocenters. The zero-order valence-corrected chi connectivity index (χ0v) is 12.3. The molecule has 0 amide bonds. The molecule has 3 atom stereocenters. The van der Waals surface area contributed by atoms with Crippen LogP contribution in [0.5, 0.6) is 0 Å². The summed E-state index contributed by atoms with van der Waals surface area (Å²) in [6.45, 7) is 2.81.